The second-order valence-electron chi connectivity index (χ2n) is 4.61. The molecule has 2 aromatic rings. The van der Waals surface area contributed by atoms with Crippen LogP contribution >= 0.6 is 15.9 Å². The summed E-state index contributed by atoms with van der Waals surface area (Å²) in [5.74, 6) is -0.174. The minimum atomic E-state index is -0.174. The van der Waals surface area contributed by atoms with Crippen molar-refractivity contribution in [1.82, 2.24) is 0 Å². The zero-order chi connectivity index (χ0) is 14.5. The number of nitrogens with two attached hydrogens (primary N) is 1. The number of carbonyl (C=O) groups excluding carboxylic acids is 1. The van der Waals surface area contributed by atoms with Crippen molar-refractivity contribution >= 4 is 33.2 Å². The van der Waals surface area contributed by atoms with Crippen LogP contribution in [0.25, 0.3) is 0 Å². The summed E-state index contributed by atoms with van der Waals surface area (Å²) < 4.78 is 0.625. The Balaban J connectivity index is 2.13. The second kappa shape index (κ2) is 6.57. The quantitative estimate of drug-likeness (QED) is 0.823. The van der Waals surface area contributed by atoms with Gasteiger partial charge in [0.25, 0.3) is 5.91 Å². The Morgan fingerprint density at radius 3 is 2.55 bits per heavy atom. The van der Waals surface area contributed by atoms with Crippen molar-refractivity contribution in [3.05, 3.63) is 58.1 Å². The van der Waals surface area contributed by atoms with Crippen molar-refractivity contribution in [3.8, 4) is 0 Å². The van der Waals surface area contributed by atoms with E-state index in [1.165, 1.54) is 5.56 Å². The first-order chi connectivity index (χ1) is 9.61. The normalized spacial score (nSPS) is 10.3. The van der Waals surface area contributed by atoms with E-state index in [0.717, 1.165) is 18.5 Å². The molecule has 3 nitrogen and oxygen atoms in total. The zero-order valence-electron chi connectivity index (χ0n) is 11.3. The van der Waals surface area contributed by atoms with E-state index in [1.54, 1.807) is 18.2 Å². The topological polar surface area (TPSA) is 55.1 Å². The number of hydrogen-bond donors (Lipinski definition) is 2. The third-order valence-electron chi connectivity index (χ3n) is 3.02. The summed E-state index contributed by atoms with van der Waals surface area (Å²) >= 11 is 3.34. The van der Waals surface area contributed by atoms with Crippen molar-refractivity contribution in [2.45, 2.75) is 19.8 Å². The molecule has 0 saturated heterocycles. The van der Waals surface area contributed by atoms with Gasteiger partial charge in [-0.3, -0.25) is 4.79 Å². The van der Waals surface area contributed by atoms with E-state index in [4.69, 9.17) is 5.73 Å². The summed E-state index contributed by atoms with van der Waals surface area (Å²) in [6, 6.07) is 13.2. The maximum atomic E-state index is 12.2. The Morgan fingerprint density at radius 2 is 1.90 bits per heavy atom. The molecule has 0 radical (unpaired) electrons. The van der Waals surface area contributed by atoms with Crippen LogP contribution in [-0.2, 0) is 6.42 Å². The maximum absolute atomic E-state index is 12.2. The SMILES string of the molecule is CCCc1ccc(NC(=O)c2cccc(N)c2Br)cc1. The highest BCUT2D eigenvalue weighted by Crippen LogP contribution is 2.24. The van der Waals surface area contributed by atoms with E-state index in [0.29, 0.717) is 15.7 Å². The van der Waals surface area contributed by atoms with Crippen LogP contribution in [0, 0.1) is 0 Å². The van der Waals surface area contributed by atoms with Gasteiger partial charge in [0.05, 0.1) is 10.0 Å². The largest absolute Gasteiger partial charge is 0.398 e. The smallest absolute Gasteiger partial charge is 0.256 e. The van der Waals surface area contributed by atoms with Crippen LogP contribution in [0.5, 0.6) is 0 Å². The number of rotatable bonds is 4. The minimum absolute atomic E-state index is 0.174. The Morgan fingerprint density at radius 1 is 1.20 bits per heavy atom. The fourth-order valence-electron chi connectivity index (χ4n) is 1.97. The van der Waals surface area contributed by atoms with Gasteiger partial charge >= 0.3 is 0 Å². The van der Waals surface area contributed by atoms with Gasteiger partial charge in [-0.2, -0.15) is 0 Å². The van der Waals surface area contributed by atoms with Gasteiger partial charge in [-0.15, -0.1) is 0 Å². The van der Waals surface area contributed by atoms with Gasteiger partial charge in [-0.05, 0) is 52.2 Å². The highest BCUT2D eigenvalue weighted by atomic mass is 79.9. The Bertz CT molecular complexity index is 608. The van der Waals surface area contributed by atoms with Gasteiger partial charge in [0.1, 0.15) is 0 Å². The average Bonchev–Trinajstić information content (AvgIpc) is 2.44. The number of nitrogens with one attached hydrogen (secondary N) is 1. The van der Waals surface area contributed by atoms with Crippen LogP contribution in [0.4, 0.5) is 11.4 Å². The third-order valence-corrected chi connectivity index (χ3v) is 3.91. The lowest BCUT2D eigenvalue weighted by Crippen LogP contribution is -2.13. The number of anilines is 2. The summed E-state index contributed by atoms with van der Waals surface area (Å²) in [6.07, 6.45) is 2.16. The first kappa shape index (κ1) is 14.6. The molecule has 3 N–H and O–H groups in total. The summed E-state index contributed by atoms with van der Waals surface area (Å²) in [6.45, 7) is 2.15. The van der Waals surface area contributed by atoms with Crippen LogP contribution in [-0.4, -0.2) is 5.91 Å². The molecule has 0 aromatic heterocycles. The minimum Gasteiger partial charge on any atom is -0.398 e. The molecule has 1 amide bonds. The molecule has 0 aliphatic carbocycles. The molecule has 0 fully saturated rings. The standard InChI is InChI=1S/C16H17BrN2O/c1-2-4-11-7-9-12(10-8-11)19-16(20)13-5-3-6-14(18)15(13)17/h3,5-10H,2,4,18H2,1H3,(H,19,20). The van der Waals surface area contributed by atoms with Crippen molar-refractivity contribution in [3.63, 3.8) is 0 Å². The predicted octanol–water partition coefficient (Wildman–Crippen LogP) is 4.24. The van der Waals surface area contributed by atoms with Crippen molar-refractivity contribution in [2.24, 2.45) is 0 Å². The van der Waals surface area contributed by atoms with Gasteiger partial charge < -0.3 is 11.1 Å². The number of amides is 1. The molecular weight excluding hydrogens is 316 g/mol. The number of nitrogen functional groups attached to an aromatic ring is 1. The lowest BCUT2D eigenvalue weighted by molar-refractivity contribution is 0.102. The molecule has 20 heavy (non-hydrogen) atoms. The second-order valence-corrected chi connectivity index (χ2v) is 5.40. The van der Waals surface area contributed by atoms with E-state index in [9.17, 15) is 4.79 Å². The molecule has 0 unspecified atom stereocenters. The Hall–Kier alpha value is -1.81. The van der Waals surface area contributed by atoms with Gasteiger partial charge in [-0.1, -0.05) is 31.5 Å². The predicted molar refractivity (Wildman–Crippen MR) is 86.9 cm³/mol. The Kier molecular flexibility index (Phi) is 4.79. The molecule has 0 atom stereocenters. The maximum Gasteiger partial charge on any atom is 0.256 e. The molecule has 2 aromatic carbocycles. The highest BCUT2D eigenvalue weighted by molar-refractivity contribution is 9.10. The molecule has 0 spiro atoms. The van der Waals surface area contributed by atoms with Crippen LogP contribution in [0.2, 0.25) is 0 Å². The van der Waals surface area contributed by atoms with Crippen LogP contribution in [0.15, 0.2) is 46.9 Å². The van der Waals surface area contributed by atoms with E-state index in [-0.39, 0.29) is 5.91 Å². The number of hydrogen-bond acceptors (Lipinski definition) is 2. The van der Waals surface area contributed by atoms with Crippen LogP contribution in [0.1, 0.15) is 29.3 Å². The third kappa shape index (κ3) is 3.39. The fourth-order valence-corrected chi connectivity index (χ4v) is 2.41. The molecule has 4 heteroatoms. The lowest BCUT2D eigenvalue weighted by Gasteiger charge is -2.09. The van der Waals surface area contributed by atoms with E-state index >= 15 is 0 Å². The first-order valence-corrected chi connectivity index (χ1v) is 7.35. The van der Waals surface area contributed by atoms with Crippen molar-refractivity contribution in [1.29, 1.82) is 0 Å². The van der Waals surface area contributed by atoms with Crippen LogP contribution in [0.3, 0.4) is 0 Å². The van der Waals surface area contributed by atoms with Crippen molar-refractivity contribution in [2.75, 3.05) is 11.1 Å². The summed E-state index contributed by atoms with van der Waals surface area (Å²) in [5.41, 5.74) is 8.92. The van der Waals surface area contributed by atoms with Gasteiger partial charge in [-0.25, -0.2) is 0 Å². The lowest BCUT2D eigenvalue weighted by atomic mass is 10.1. The van der Waals surface area contributed by atoms with Crippen LogP contribution < -0.4 is 11.1 Å². The Labute approximate surface area is 127 Å². The van der Waals surface area contributed by atoms with E-state index < -0.39 is 0 Å². The molecule has 0 bridgehead atoms. The molecular formula is C16H17BrN2O. The molecule has 2 rings (SSSR count). The molecule has 0 saturated carbocycles. The van der Waals surface area contributed by atoms with E-state index in [2.05, 4.69) is 28.2 Å². The number of carbonyl (C=O) groups is 1. The fraction of sp³-hybridized carbons (Fsp3) is 0.188. The molecule has 0 heterocycles. The summed E-state index contributed by atoms with van der Waals surface area (Å²) in [7, 11) is 0. The van der Waals surface area contributed by atoms with Gasteiger partial charge in [0.15, 0.2) is 0 Å². The number of benzene rings is 2. The summed E-state index contributed by atoms with van der Waals surface area (Å²) in [4.78, 5) is 12.2. The summed E-state index contributed by atoms with van der Waals surface area (Å²) in [5, 5.41) is 2.87. The number of aryl methyl sites for hydroxylation is 1. The van der Waals surface area contributed by atoms with Gasteiger partial charge in [0.2, 0.25) is 0 Å². The molecule has 0 aliphatic rings. The van der Waals surface area contributed by atoms with E-state index in [1.807, 2.05) is 24.3 Å². The average molecular weight is 333 g/mol. The molecule has 104 valence electrons. The van der Waals surface area contributed by atoms with Crippen molar-refractivity contribution < 1.29 is 4.79 Å². The monoisotopic (exact) mass is 332 g/mol. The first-order valence-electron chi connectivity index (χ1n) is 6.56. The zero-order valence-corrected chi connectivity index (χ0v) is 12.9. The number of halogens is 1. The van der Waals surface area contributed by atoms with Gasteiger partial charge in [0, 0.05) is 11.4 Å². The molecule has 0 aliphatic heterocycles. The highest BCUT2D eigenvalue weighted by Gasteiger charge is 2.11.